The van der Waals surface area contributed by atoms with Gasteiger partial charge in [0.1, 0.15) is 0 Å². The van der Waals surface area contributed by atoms with E-state index in [1.807, 2.05) is 0 Å². The SMILES string of the molecule is CC1=C(C)C(C)=[C]([Hf+2][CH]2C(n3c(C)cc4ccccc43)=Cc3ccccc32)C1.[Cl-].[Cl-]. The van der Waals surface area contributed by atoms with Gasteiger partial charge in [-0.25, -0.2) is 0 Å². The minimum atomic E-state index is -1.08. The summed E-state index contributed by atoms with van der Waals surface area (Å²) < 4.78 is 4.94. The molecule has 1 unspecified atom stereocenters. The summed E-state index contributed by atoms with van der Waals surface area (Å²) in [6.45, 7) is 9.24. The van der Waals surface area contributed by atoms with Crippen molar-refractivity contribution in [2.45, 2.75) is 37.8 Å². The molecule has 0 N–H and O–H groups in total. The summed E-state index contributed by atoms with van der Waals surface area (Å²) in [7, 11) is 0. The second-order valence-electron chi connectivity index (χ2n) is 8.14. The third kappa shape index (κ3) is 3.72. The van der Waals surface area contributed by atoms with E-state index in [0.717, 1.165) is 0 Å². The van der Waals surface area contributed by atoms with Crippen molar-refractivity contribution in [3.63, 3.8) is 0 Å². The number of rotatable bonds is 3. The maximum absolute atomic E-state index is 2.53. The third-order valence-corrected chi connectivity index (χ3v) is 12.9. The number of fused-ring (bicyclic) bond motifs is 2. The van der Waals surface area contributed by atoms with Gasteiger partial charge in [0.25, 0.3) is 0 Å². The molecule has 3 aromatic rings. The molecular weight excluding hydrogens is 576 g/mol. The van der Waals surface area contributed by atoms with Gasteiger partial charge in [-0.2, -0.15) is 0 Å². The number of hydrogen-bond acceptors (Lipinski definition) is 0. The Bertz CT molecular complexity index is 1210. The minimum absolute atomic E-state index is 0. The average molecular weight is 601 g/mol. The maximum atomic E-state index is 2.53. The number of nitrogens with zero attached hydrogens (tertiary/aromatic N) is 1. The van der Waals surface area contributed by atoms with E-state index in [0.29, 0.717) is 3.67 Å². The summed E-state index contributed by atoms with van der Waals surface area (Å²) >= 11 is -1.08. The number of aromatic nitrogens is 1. The summed E-state index contributed by atoms with van der Waals surface area (Å²) in [4.78, 5) is 0. The molecule has 0 aliphatic heterocycles. The van der Waals surface area contributed by atoms with Crippen LogP contribution in [0.5, 0.6) is 0 Å². The Balaban J connectivity index is 0.00000128. The largest absolute Gasteiger partial charge is 1.00 e. The van der Waals surface area contributed by atoms with Gasteiger partial charge >= 0.3 is 179 Å². The summed E-state index contributed by atoms with van der Waals surface area (Å²) in [5, 5.41) is 1.34. The van der Waals surface area contributed by atoms with E-state index in [1.54, 1.807) is 25.6 Å². The molecule has 1 atom stereocenters. The molecule has 0 fully saturated rings. The van der Waals surface area contributed by atoms with E-state index in [4.69, 9.17) is 0 Å². The van der Waals surface area contributed by atoms with Crippen molar-refractivity contribution in [1.82, 2.24) is 4.57 Å². The average Bonchev–Trinajstić information content (AvgIpc) is 3.29. The first-order valence-corrected chi connectivity index (χ1v) is 13.9. The number of benzene rings is 2. The first-order chi connectivity index (χ1) is 13.5. The molecule has 0 saturated carbocycles. The predicted octanol–water partition coefficient (Wildman–Crippen LogP) is 1.11. The summed E-state index contributed by atoms with van der Waals surface area (Å²) in [5.41, 5.74) is 11.9. The first kappa shape index (κ1) is 23.3. The van der Waals surface area contributed by atoms with Gasteiger partial charge in [-0.1, -0.05) is 0 Å². The maximum Gasteiger partial charge on any atom is -1.00 e. The standard InChI is InChI=1S/C18H14N.C8H11.2ClH.Hf/c1-13-10-16-8-4-5-9-18(16)19(13)17-11-14-6-2-3-7-15(14)12-17;1-6-4-5-7(2)8(6)3;;;/h2-12H,1H3;4H2,1-3H3;2*1H;/q;;;;+2/p-2. The molecule has 30 heavy (non-hydrogen) atoms. The predicted molar refractivity (Wildman–Crippen MR) is 116 cm³/mol. The van der Waals surface area contributed by atoms with Crippen LogP contribution in [0, 0.1) is 6.92 Å². The molecule has 1 nitrogen and oxygen atoms in total. The monoisotopic (exact) mass is 601 g/mol. The molecule has 0 amide bonds. The van der Waals surface area contributed by atoms with Crippen LogP contribution in [0.15, 0.2) is 74.6 Å². The first-order valence-electron chi connectivity index (χ1n) is 10.1. The molecule has 0 bridgehead atoms. The van der Waals surface area contributed by atoms with Gasteiger partial charge in [0.2, 0.25) is 0 Å². The van der Waals surface area contributed by atoms with Crippen LogP contribution in [0.3, 0.4) is 0 Å². The van der Waals surface area contributed by atoms with E-state index in [1.165, 1.54) is 34.3 Å². The van der Waals surface area contributed by atoms with E-state index in [9.17, 15) is 0 Å². The summed E-state index contributed by atoms with van der Waals surface area (Å²) in [6, 6.07) is 20.2. The quantitative estimate of drug-likeness (QED) is 0.397. The molecule has 2 aliphatic carbocycles. The molecule has 5 rings (SSSR count). The van der Waals surface area contributed by atoms with Crippen LogP contribution in [0.1, 0.15) is 47.7 Å². The Morgan fingerprint density at radius 3 is 2.30 bits per heavy atom. The van der Waals surface area contributed by atoms with E-state index in [-0.39, 0.29) is 24.8 Å². The summed E-state index contributed by atoms with van der Waals surface area (Å²) in [5.74, 6) is 0. The fourth-order valence-corrected chi connectivity index (χ4v) is 11.5. The van der Waals surface area contributed by atoms with Crippen LogP contribution in [0.4, 0.5) is 0 Å². The molecule has 0 saturated heterocycles. The van der Waals surface area contributed by atoms with Gasteiger partial charge in [0.05, 0.1) is 0 Å². The van der Waals surface area contributed by atoms with Gasteiger partial charge in [-0.3, -0.25) is 0 Å². The minimum Gasteiger partial charge on any atom is -1.00 e. The van der Waals surface area contributed by atoms with Gasteiger partial charge in [0.15, 0.2) is 0 Å². The van der Waals surface area contributed by atoms with Gasteiger partial charge in [-0.15, -0.1) is 0 Å². The van der Waals surface area contributed by atoms with Crippen molar-refractivity contribution in [3.05, 3.63) is 91.5 Å². The number of aryl methyl sites for hydroxylation is 1. The molecule has 0 radical (unpaired) electrons. The molecule has 2 aliphatic rings. The summed E-state index contributed by atoms with van der Waals surface area (Å²) in [6.07, 6.45) is 3.68. The molecule has 1 aromatic heterocycles. The van der Waals surface area contributed by atoms with Crippen molar-refractivity contribution >= 4 is 22.7 Å². The Hall–Kier alpha value is -1.35. The van der Waals surface area contributed by atoms with Gasteiger partial charge in [-0.05, 0) is 0 Å². The Labute approximate surface area is 203 Å². The Morgan fingerprint density at radius 2 is 1.57 bits per heavy atom. The van der Waals surface area contributed by atoms with Crippen LogP contribution < -0.4 is 24.8 Å². The second kappa shape index (κ2) is 9.02. The van der Waals surface area contributed by atoms with Crippen LogP contribution in [0.2, 0.25) is 0 Å². The van der Waals surface area contributed by atoms with Crippen molar-refractivity contribution in [1.29, 1.82) is 0 Å². The topological polar surface area (TPSA) is 4.93 Å². The van der Waals surface area contributed by atoms with Gasteiger partial charge < -0.3 is 24.8 Å². The zero-order valence-electron chi connectivity index (χ0n) is 17.8. The Kier molecular flexibility index (Phi) is 7.01. The normalized spacial score (nSPS) is 17.5. The fraction of sp³-hybridized carbons (Fsp3) is 0.231. The van der Waals surface area contributed by atoms with Crippen LogP contribution in [0.25, 0.3) is 22.7 Å². The molecule has 0 spiro atoms. The fourth-order valence-electron chi connectivity index (χ4n) is 4.70. The molecule has 1 heterocycles. The van der Waals surface area contributed by atoms with E-state index >= 15 is 0 Å². The zero-order valence-corrected chi connectivity index (χ0v) is 22.9. The second-order valence-corrected chi connectivity index (χ2v) is 13.4. The van der Waals surface area contributed by atoms with Crippen molar-refractivity contribution < 1.29 is 47.7 Å². The van der Waals surface area contributed by atoms with E-state index < -0.39 is 22.9 Å². The Morgan fingerprint density at radius 1 is 0.867 bits per heavy atom. The van der Waals surface area contributed by atoms with Crippen molar-refractivity contribution in [2.75, 3.05) is 0 Å². The zero-order chi connectivity index (χ0) is 19.4. The molecular formula is C26H25Cl2HfN. The molecule has 152 valence electrons. The number of allylic oxidation sites excluding steroid dienone is 5. The number of hydrogen-bond donors (Lipinski definition) is 0. The van der Waals surface area contributed by atoms with Crippen molar-refractivity contribution in [3.8, 4) is 0 Å². The van der Waals surface area contributed by atoms with Gasteiger partial charge in [0, 0.05) is 0 Å². The third-order valence-electron chi connectivity index (χ3n) is 6.47. The van der Waals surface area contributed by atoms with E-state index in [2.05, 4.69) is 92.9 Å². The molecule has 4 heteroatoms. The van der Waals surface area contributed by atoms with Crippen molar-refractivity contribution in [2.24, 2.45) is 0 Å². The van der Waals surface area contributed by atoms with Crippen LogP contribution in [-0.2, 0) is 22.9 Å². The van der Waals surface area contributed by atoms with Crippen LogP contribution >= 0.6 is 0 Å². The number of halogens is 2. The molecule has 2 aromatic carbocycles. The number of para-hydroxylation sites is 1. The van der Waals surface area contributed by atoms with Crippen LogP contribution in [-0.4, -0.2) is 4.57 Å². The smallest absolute Gasteiger partial charge is 1.00 e.